The van der Waals surface area contributed by atoms with E-state index in [9.17, 15) is 9.59 Å². The number of carbonyl (C=O) groups excluding carboxylic acids is 1. The molecule has 15 heavy (non-hydrogen) atoms. The Morgan fingerprint density at radius 2 is 2.07 bits per heavy atom. The highest BCUT2D eigenvalue weighted by Gasteiger charge is 2.49. The topological polar surface area (TPSA) is 77.8 Å². The van der Waals surface area contributed by atoms with Crippen LogP contribution in [0.25, 0.3) is 0 Å². The van der Waals surface area contributed by atoms with Crippen LogP contribution in [-0.4, -0.2) is 46.7 Å². The second-order valence-electron chi connectivity index (χ2n) is 4.18. The number of carboxylic acid groups (broad SMARTS) is 1. The van der Waals surface area contributed by atoms with Crippen molar-refractivity contribution < 1.29 is 19.8 Å². The van der Waals surface area contributed by atoms with Crippen LogP contribution in [0.15, 0.2) is 0 Å². The minimum atomic E-state index is -0.891. The molecule has 1 fully saturated rings. The molecule has 0 aliphatic heterocycles. The molecule has 0 bridgehead atoms. The van der Waals surface area contributed by atoms with Crippen LogP contribution in [-0.2, 0) is 9.59 Å². The largest absolute Gasteiger partial charge is 0.481 e. The molecule has 86 valence electrons. The molecule has 0 radical (unpaired) electrons. The van der Waals surface area contributed by atoms with Gasteiger partial charge in [0.15, 0.2) is 0 Å². The van der Waals surface area contributed by atoms with Crippen molar-refractivity contribution in [3.8, 4) is 0 Å². The molecular formula is C10H17NO4. The number of amides is 1. The highest BCUT2D eigenvalue weighted by Crippen LogP contribution is 2.39. The molecule has 0 saturated heterocycles. The van der Waals surface area contributed by atoms with Gasteiger partial charge in [-0.15, -0.1) is 0 Å². The fraction of sp³-hybridized carbons (Fsp3) is 0.800. The van der Waals surface area contributed by atoms with Gasteiger partial charge in [-0.25, -0.2) is 0 Å². The van der Waals surface area contributed by atoms with E-state index >= 15 is 0 Å². The number of aliphatic hydroxyl groups excluding tert-OH is 1. The van der Waals surface area contributed by atoms with Gasteiger partial charge < -0.3 is 15.1 Å². The minimum Gasteiger partial charge on any atom is -0.481 e. The molecular weight excluding hydrogens is 198 g/mol. The summed E-state index contributed by atoms with van der Waals surface area (Å²) in [4.78, 5) is 23.7. The Hall–Kier alpha value is -1.10. The first-order valence-corrected chi connectivity index (χ1v) is 5.09. The fourth-order valence-corrected chi connectivity index (χ4v) is 1.51. The van der Waals surface area contributed by atoms with E-state index in [0.29, 0.717) is 19.4 Å². The van der Waals surface area contributed by atoms with Crippen LogP contribution in [0.2, 0.25) is 0 Å². The lowest BCUT2D eigenvalue weighted by atomic mass is 10.2. The first kappa shape index (κ1) is 12.0. The van der Waals surface area contributed by atoms with E-state index < -0.39 is 18.0 Å². The number of hydrogen-bond acceptors (Lipinski definition) is 3. The average Bonchev–Trinajstić information content (AvgIpc) is 2.92. The molecule has 3 unspecified atom stereocenters. The molecule has 1 amide bonds. The number of rotatable bonds is 5. The Morgan fingerprint density at radius 3 is 2.47 bits per heavy atom. The molecule has 1 aliphatic rings. The number of aliphatic carboxylic acids is 1. The SMILES string of the molecule is CC(O)CCN(C)C(=O)C1CC1C(=O)O. The van der Waals surface area contributed by atoms with E-state index in [1.807, 2.05) is 0 Å². The zero-order valence-electron chi connectivity index (χ0n) is 9.01. The van der Waals surface area contributed by atoms with E-state index in [1.165, 1.54) is 4.90 Å². The highest BCUT2D eigenvalue weighted by atomic mass is 16.4. The predicted octanol–water partition coefficient (Wildman–Crippen LogP) is -0.0636. The van der Waals surface area contributed by atoms with Crippen molar-refractivity contribution in [3.05, 3.63) is 0 Å². The van der Waals surface area contributed by atoms with Gasteiger partial charge in [0.1, 0.15) is 0 Å². The smallest absolute Gasteiger partial charge is 0.307 e. The molecule has 2 N–H and O–H groups in total. The maximum absolute atomic E-state index is 11.6. The molecule has 1 rings (SSSR count). The quantitative estimate of drug-likeness (QED) is 0.673. The molecule has 5 nitrogen and oxygen atoms in total. The summed E-state index contributed by atoms with van der Waals surface area (Å²) in [5, 5.41) is 17.7. The third kappa shape index (κ3) is 3.20. The zero-order chi connectivity index (χ0) is 11.6. The van der Waals surface area contributed by atoms with Gasteiger partial charge in [-0.2, -0.15) is 0 Å². The van der Waals surface area contributed by atoms with E-state index in [2.05, 4.69) is 0 Å². The zero-order valence-corrected chi connectivity index (χ0v) is 9.01. The van der Waals surface area contributed by atoms with Crippen molar-refractivity contribution >= 4 is 11.9 Å². The normalized spacial score (nSPS) is 25.8. The monoisotopic (exact) mass is 215 g/mol. The van der Waals surface area contributed by atoms with Gasteiger partial charge in [0.2, 0.25) is 5.91 Å². The number of nitrogens with zero attached hydrogens (tertiary/aromatic N) is 1. The van der Waals surface area contributed by atoms with Crippen LogP contribution in [0.3, 0.4) is 0 Å². The Bertz CT molecular complexity index is 264. The van der Waals surface area contributed by atoms with E-state index in [0.717, 1.165) is 0 Å². The summed E-state index contributed by atoms with van der Waals surface area (Å²) in [7, 11) is 1.64. The highest BCUT2D eigenvalue weighted by molar-refractivity contribution is 5.89. The second kappa shape index (κ2) is 4.61. The van der Waals surface area contributed by atoms with E-state index in [-0.39, 0.29) is 11.8 Å². The molecule has 1 saturated carbocycles. The Morgan fingerprint density at radius 1 is 1.47 bits per heavy atom. The Kier molecular flexibility index (Phi) is 3.68. The Labute approximate surface area is 88.7 Å². The molecule has 0 aromatic heterocycles. The first-order valence-electron chi connectivity index (χ1n) is 5.09. The lowest BCUT2D eigenvalue weighted by Crippen LogP contribution is -2.31. The van der Waals surface area contributed by atoms with Crippen molar-refractivity contribution in [1.29, 1.82) is 0 Å². The number of aliphatic hydroxyl groups is 1. The lowest BCUT2D eigenvalue weighted by Gasteiger charge is -2.17. The second-order valence-corrected chi connectivity index (χ2v) is 4.18. The van der Waals surface area contributed by atoms with Gasteiger partial charge in [-0.05, 0) is 19.8 Å². The molecule has 0 heterocycles. The molecule has 0 spiro atoms. The maximum Gasteiger partial charge on any atom is 0.307 e. The van der Waals surface area contributed by atoms with Crippen LogP contribution in [0.5, 0.6) is 0 Å². The third-order valence-corrected chi connectivity index (χ3v) is 2.68. The Balaban J connectivity index is 2.32. The van der Waals surface area contributed by atoms with Crippen LogP contribution >= 0.6 is 0 Å². The minimum absolute atomic E-state index is 0.122. The summed E-state index contributed by atoms with van der Waals surface area (Å²) < 4.78 is 0. The van der Waals surface area contributed by atoms with Gasteiger partial charge in [-0.1, -0.05) is 0 Å². The average molecular weight is 215 g/mol. The van der Waals surface area contributed by atoms with Gasteiger partial charge in [0.05, 0.1) is 17.9 Å². The number of carboxylic acids is 1. The van der Waals surface area contributed by atoms with E-state index in [1.54, 1.807) is 14.0 Å². The third-order valence-electron chi connectivity index (χ3n) is 2.68. The van der Waals surface area contributed by atoms with Crippen LogP contribution in [0.1, 0.15) is 19.8 Å². The van der Waals surface area contributed by atoms with Gasteiger partial charge in [-0.3, -0.25) is 9.59 Å². The van der Waals surface area contributed by atoms with Gasteiger partial charge in [0, 0.05) is 13.6 Å². The summed E-state index contributed by atoms with van der Waals surface area (Å²) in [6.07, 6.45) is 0.537. The van der Waals surface area contributed by atoms with E-state index in [4.69, 9.17) is 10.2 Å². The molecule has 1 aliphatic carbocycles. The predicted molar refractivity (Wildman–Crippen MR) is 53.2 cm³/mol. The van der Waals surface area contributed by atoms with Crippen molar-refractivity contribution in [3.63, 3.8) is 0 Å². The van der Waals surface area contributed by atoms with Crippen LogP contribution in [0, 0.1) is 11.8 Å². The maximum atomic E-state index is 11.6. The van der Waals surface area contributed by atoms with Crippen LogP contribution < -0.4 is 0 Å². The molecule has 5 heteroatoms. The van der Waals surface area contributed by atoms with Gasteiger partial charge >= 0.3 is 5.97 Å². The summed E-state index contributed by atoms with van der Waals surface area (Å²) in [5.41, 5.74) is 0. The van der Waals surface area contributed by atoms with Crippen molar-refractivity contribution in [2.45, 2.75) is 25.9 Å². The van der Waals surface area contributed by atoms with Crippen molar-refractivity contribution in [1.82, 2.24) is 4.90 Å². The molecule has 0 aromatic rings. The lowest BCUT2D eigenvalue weighted by molar-refractivity contribution is -0.141. The first-order chi connectivity index (χ1) is 6.93. The molecule has 0 aromatic carbocycles. The summed E-state index contributed by atoms with van der Waals surface area (Å²) >= 11 is 0. The van der Waals surface area contributed by atoms with Crippen molar-refractivity contribution in [2.24, 2.45) is 11.8 Å². The summed E-state index contributed by atoms with van der Waals surface area (Å²) in [5.74, 6) is -1.85. The molecule has 3 atom stereocenters. The standard InChI is InChI=1S/C10H17NO4/c1-6(12)3-4-11(2)9(13)7-5-8(7)10(14)15/h6-8,12H,3-5H2,1-2H3,(H,14,15). The summed E-state index contributed by atoms with van der Waals surface area (Å²) in [6.45, 7) is 2.13. The van der Waals surface area contributed by atoms with Crippen LogP contribution in [0.4, 0.5) is 0 Å². The van der Waals surface area contributed by atoms with Gasteiger partial charge in [0.25, 0.3) is 0 Å². The van der Waals surface area contributed by atoms with Crippen molar-refractivity contribution in [2.75, 3.05) is 13.6 Å². The number of carbonyl (C=O) groups is 2. The fourth-order valence-electron chi connectivity index (χ4n) is 1.51. The summed E-state index contributed by atoms with van der Waals surface area (Å²) in [6, 6.07) is 0. The number of hydrogen-bond donors (Lipinski definition) is 2.